The van der Waals surface area contributed by atoms with Crippen LogP contribution in [0, 0.1) is 0 Å². The largest absolute Gasteiger partial charge is 0.329 e. The first-order chi connectivity index (χ1) is 13.2. The lowest BCUT2D eigenvalue weighted by atomic mass is 10.1. The molecule has 1 saturated heterocycles. The third kappa shape index (κ3) is 4.88. The Morgan fingerprint density at radius 3 is 2.43 bits per heavy atom. The van der Waals surface area contributed by atoms with Crippen LogP contribution in [0.2, 0.25) is 0 Å². The molecule has 1 aliphatic heterocycles. The van der Waals surface area contributed by atoms with Crippen molar-refractivity contribution in [2.75, 3.05) is 44.0 Å². The average molecular weight is 404 g/mol. The number of anilines is 1. The van der Waals surface area contributed by atoms with Crippen LogP contribution in [0.1, 0.15) is 6.42 Å². The number of nitrogens with one attached hydrogen (secondary N) is 1. The van der Waals surface area contributed by atoms with Crippen molar-refractivity contribution in [3.05, 3.63) is 42.5 Å². The zero-order chi connectivity index (χ0) is 20.3. The molecule has 0 aromatic heterocycles. The second kappa shape index (κ2) is 8.28. The van der Waals surface area contributed by atoms with Crippen LogP contribution in [0.5, 0.6) is 0 Å². The van der Waals surface area contributed by atoms with Gasteiger partial charge in [0.25, 0.3) is 0 Å². The molecule has 3 rings (SSSR count). The lowest BCUT2D eigenvalue weighted by Gasteiger charge is -2.28. The number of amides is 2. The molecule has 1 fully saturated rings. The van der Waals surface area contributed by atoms with Gasteiger partial charge in [0.2, 0.25) is 0 Å². The minimum atomic E-state index is -3.16. The van der Waals surface area contributed by atoms with E-state index in [4.69, 9.17) is 0 Å². The van der Waals surface area contributed by atoms with E-state index >= 15 is 0 Å². The van der Waals surface area contributed by atoms with Crippen LogP contribution >= 0.6 is 0 Å². The molecule has 1 unspecified atom stereocenters. The third-order valence-corrected chi connectivity index (χ3v) is 6.65. The summed E-state index contributed by atoms with van der Waals surface area (Å²) in [7, 11) is 0.568. The SMILES string of the molecule is CN(C)CCN(C(=O)C(=O)Nc1ccc2ccccc2c1)C1CCS(=O)(=O)C1. The van der Waals surface area contributed by atoms with Gasteiger partial charge in [-0.1, -0.05) is 30.3 Å². The number of hydrogen-bond acceptors (Lipinski definition) is 5. The number of nitrogens with zero attached hydrogens (tertiary/aromatic N) is 2. The van der Waals surface area contributed by atoms with Gasteiger partial charge in [-0.25, -0.2) is 8.42 Å². The first-order valence-corrected chi connectivity index (χ1v) is 11.0. The molecule has 1 heterocycles. The Hall–Kier alpha value is -2.45. The third-order valence-electron chi connectivity index (χ3n) is 4.90. The van der Waals surface area contributed by atoms with Crippen molar-refractivity contribution in [1.82, 2.24) is 9.80 Å². The fourth-order valence-electron chi connectivity index (χ4n) is 3.36. The van der Waals surface area contributed by atoms with Crippen LogP contribution in [0.15, 0.2) is 42.5 Å². The Morgan fingerprint density at radius 2 is 1.79 bits per heavy atom. The molecule has 0 spiro atoms. The van der Waals surface area contributed by atoms with Crippen molar-refractivity contribution in [3.8, 4) is 0 Å². The van der Waals surface area contributed by atoms with Gasteiger partial charge in [0.05, 0.1) is 11.5 Å². The molecule has 1 atom stereocenters. The quantitative estimate of drug-likeness (QED) is 0.762. The van der Waals surface area contributed by atoms with Crippen molar-refractivity contribution in [2.24, 2.45) is 0 Å². The van der Waals surface area contributed by atoms with Crippen LogP contribution in [0.4, 0.5) is 5.69 Å². The molecule has 0 bridgehead atoms. The van der Waals surface area contributed by atoms with E-state index in [1.807, 2.05) is 55.4 Å². The van der Waals surface area contributed by atoms with Gasteiger partial charge >= 0.3 is 11.8 Å². The van der Waals surface area contributed by atoms with Crippen molar-refractivity contribution in [3.63, 3.8) is 0 Å². The molecule has 2 aromatic carbocycles. The highest BCUT2D eigenvalue weighted by Crippen LogP contribution is 2.20. The average Bonchev–Trinajstić information content (AvgIpc) is 3.01. The van der Waals surface area contributed by atoms with Crippen LogP contribution in [0.3, 0.4) is 0 Å². The molecule has 7 nitrogen and oxygen atoms in total. The van der Waals surface area contributed by atoms with Crippen LogP contribution in [-0.2, 0) is 19.4 Å². The van der Waals surface area contributed by atoms with E-state index in [2.05, 4.69) is 5.32 Å². The minimum Gasteiger partial charge on any atom is -0.329 e. The number of rotatable bonds is 5. The number of carbonyl (C=O) groups is 2. The molecule has 150 valence electrons. The maximum Gasteiger partial charge on any atom is 0.313 e. The standard InChI is InChI=1S/C20H25N3O4S/c1-22(2)10-11-23(18-9-12-28(26,27)14-18)20(25)19(24)21-17-8-7-15-5-3-4-6-16(15)13-17/h3-8,13,18H,9-12,14H2,1-2H3,(H,21,24). The predicted molar refractivity (Wildman–Crippen MR) is 110 cm³/mol. The van der Waals surface area contributed by atoms with Gasteiger partial charge in [0, 0.05) is 24.8 Å². The number of benzene rings is 2. The molecular weight excluding hydrogens is 378 g/mol. The highest BCUT2D eigenvalue weighted by atomic mass is 32.2. The van der Waals surface area contributed by atoms with Gasteiger partial charge in [0.15, 0.2) is 9.84 Å². The van der Waals surface area contributed by atoms with Crippen LogP contribution in [0.25, 0.3) is 10.8 Å². The van der Waals surface area contributed by atoms with Crippen molar-refractivity contribution >= 4 is 38.1 Å². The molecule has 1 aliphatic rings. The van der Waals surface area contributed by atoms with E-state index in [9.17, 15) is 18.0 Å². The maximum atomic E-state index is 12.8. The summed E-state index contributed by atoms with van der Waals surface area (Å²) in [6.07, 6.45) is 0.366. The molecule has 0 saturated carbocycles. The van der Waals surface area contributed by atoms with Gasteiger partial charge in [0.1, 0.15) is 0 Å². The van der Waals surface area contributed by atoms with E-state index in [1.54, 1.807) is 6.07 Å². The summed E-state index contributed by atoms with van der Waals surface area (Å²) in [5.41, 5.74) is 0.531. The summed E-state index contributed by atoms with van der Waals surface area (Å²) in [6.45, 7) is 0.850. The fourth-order valence-corrected chi connectivity index (χ4v) is 5.09. The number of carbonyl (C=O) groups excluding carboxylic acids is 2. The maximum absolute atomic E-state index is 12.8. The zero-order valence-corrected chi connectivity index (χ0v) is 16.9. The smallest absolute Gasteiger partial charge is 0.313 e. The Kier molecular flexibility index (Phi) is 6.00. The minimum absolute atomic E-state index is 0.0513. The number of likely N-dealkylation sites (N-methyl/N-ethyl adjacent to an activating group) is 1. The van der Waals surface area contributed by atoms with Crippen molar-refractivity contribution < 1.29 is 18.0 Å². The molecule has 8 heteroatoms. The second-order valence-corrected chi connectivity index (χ2v) is 9.60. The topological polar surface area (TPSA) is 86.8 Å². The number of fused-ring (bicyclic) bond motifs is 1. The summed E-state index contributed by atoms with van der Waals surface area (Å²) in [5.74, 6) is -1.49. The summed E-state index contributed by atoms with van der Waals surface area (Å²) in [6, 6.07) is 12.7. The summed E-state index contributed by atoms with van der Waals surface area (Å²) in [4.78, 5) is 28.7. The van der Waals surface area contributed by atoms with Gasteiger partial charge in [-0.15, -0.1) is 0 Å². The number of hydrogen-bond donors (Lipinski definition) is 1. The van der Waals surface area contributed by atoms with E-state index in [0.29, 0.717) is 25.2 Å². The lowest BCUT2D eigenvalue weighted by molar-refractivity contribution is -0.144. The first-order valence-electron chi connectivity index (χ1n) is 9.21. The monoisotopic (exact) mass is 403 g/mol. The molecule has 0 aliphatic carbocycles. The predicted octanol–water partition coefficient (Wildman–Crippen LogP) is 1.36. The Morgan fingerprint density at radius 1 is 1.07 bits per heavy atom. The Balaban J connectivity index is 1.75. The molecular formula is C20H25N3O4S. The van der Waals surface area contributed by atoms with Crippen molar-refractivity contribution in [1.29, 1.82) is 0 Å². The summed E-state index contributed by atoms with van der Waals surface area (Å²) in [5, 5.41) is 4.65. The molecule has 1 N–H and O–H groups in total. The Labute approximate surface area is 165 Å². The second-order valence-electron chi connectivity index (χ2n) is 7.37. The normalized spacial score (nSPS) is 18.3. The highest BCUT2D eigenvalue weighted by molar-refractivity contribution is 7.91. The van der Waals surface area contributed by atoms with E-state index in [-0.39, 0.29) is 11.5 Å². The number of sulfone groups is 1. The summed E-state index contributed by atoms with van der Waals surface area (Å²) >= 11 is 0. The first kappa shape index (κ1) is 20.3. The van der Waals surface area contributed by atoms with E-state index in [1.165, 1.54) is 4.90 Å². The van der Waals surface area contributed by atoms with E-state index < -0.39 is 27.7 Å². The van der Waals surface area contributed by atoms with Crippen LogP contribution < -0.4 is 5.32 Å². The van der Waals surface area contributed by atoms with Crippen molar-refractivity contribution in [2.45, 2.75) is 12.5 Å². The van der Waals surface area contributed by atoms with Gasteiger partial charge in [-0.2, -0.15) is 0 Å². The summed E-state index contributed by atoms with van der Waals surface area (Å²) < 4.78 is 23.7. The van der Waals surface area contributed by atoms with Crippen LogP contribution in [-0.4, -0.2) is 74.8 Å². The molecule has 28 heavy (non-hydrogen) atoms. The Bertz CT molecular complexity index is 988. The zero-order valence-electron chi connectivity index (χ0n) is 16.1. The van der Waals surface area contributed by atoms with Gasteiger partial charge in [-0.3, -0.25) is 9.59 Å². The highest BCUT2D eigenvalue weighted by Gasteiger charge is 2.36. The fraction of sp³-hybridized carbons (Fsp3) is 0.400. The molecule has 2 aromatic rings. The van der Waals surface area contributed by atoms with Gasteiger partial charge < -0.3 is 15.1 Å². The molecule has 0 radical (unpaired) electrons. The lowest BCUT2D eigenvalue weighted by Crippen LogP contribution is -2.48. The van der Waals surface area contributed by atoms with Gasteiger partial charge in [-0.05, 0) is 43.4 Å². The van der Waals surface area contributed by atoms with E-state index in [0.717, 1.165) is 10.8 Å². The molecule has 2 amide bonds.